The Morgan fingerprint density at radius 3 is 2.17 bits per heavy atom. The summed E-state index contributed by atoms with van der Waals surface area (Å²) in [7, 11) is 0. The number of allylic oxidation sites excluding steroid dienone is 1. The monoisotopic (exact) mass is 305 g/mol. The lowest BCUT2D eigenvalue weighted by molar-refractivity contribution is 0.104. The van der Waals surface area contributed by atoms with E-state index in [0.29, 0.717) is 23.1 Å². The van der Waals surface area contributed by atoms with Gasteiger partial charge in [0.1, 0.15) is 0 Å². The minimum atomic E-state index is -0.0998. The fourth-order valence-electron chi connectivity index (χ4n) is 2.10. The van der Waals surface area contributed by atoms with E-state index in [1.165, 1.54) is 6.08 Å². The summed E-state index contributed by atoms with van der Waals surface area (Å²) in [4.78, 5) is 16.6. The third-order valence-corrected chi connectivity index (χ3v) is 3.19. The van der Waals surface area contributed by atoms with Gasteiger partial charge in [0.25, 0.3) is 5.95 Å². The van der Waals surface area contributed by atoms with Crippen molar-refractivity contribution >= 4 is 17.4 Å². The van der Waals surface area contributed by atoms with Crippen LogP contribution < -0.4 is 5.32 Å². The Labute approximate surface area is 133 Å². The van der Waals surface area contributed by atoms with Crippen LogP contribution in [-0.2, 0) is 0 Å². The number of nitrogens with zero attached hydrogens (tertiary/aromatic N) is 2. The van der Waals surface area contributed by atoms with Crippen molar-refractivity contribution in [1.29, 1.82) is 0 Å². The molecule has 114 valence electrons. The highest BCUT2D eigenvalue weighted by atomic mass is 16.5. The van der Waals surface area contributed by atoms with E-state index in [1.54, 1.807) is 19.1 Å². The van der Waals surface area contributed by atoms with Crippen molar-refractivity contribution < 1.29 is 9.32 Å². The van der Waals surface area contributed by atoms with E-state index in [0.717, 1.165) is 5.56 Å². The van der Waals surface area contributed by atoms with E-state index in [-0.39, 0.29) is 5.78 Å². The van der Waals surface area contributed by atoms with Crippen LogP contribution in [0.3, 0.4) is 0 Å². The Balaban J connectivity index is 1.94. The highest BCUT2D eigenvalue weighted by molar-refractivity contribution is 6.09. The first-order valence-electron chi connectivity index (χ1n) is 7.16. The maximum Gasteiger partial charge on any atom is 0.267 e. The number of hydrogen-bond acceptors (Lipinski definition) is 5. The van der Waals surface area contributed by atoms with E-state index in [1.807, 2.05) is 48.5 Å². The number of carbonyl (C=O) groups excluding carboxylic acids is 1. The summed E-state index contributed by atoms with van der Waals surface area (Å²) in [6, 6.07) is 18.6. The van der Waals surface area contributed by atoms with Gasteiger partial charge in [-0.1, -0.05) is 60.7 Å². The predicted octanol–water partition coefficient (Wildman–Crippen LogP) is 3.71. The molecule has 3 rings (SSSR count). The molecule has 0 saturated carbocycles. The van der Waals surface area contributed by atoms with Crippen LogP contribution in [-0.4, -0.2) is 15.9 Å². The average molecular weight is 305 g/mol. The van der Waals surface area contributed by atoms with Gasteiger partial charge >= 0.3 is 0 Å². The predicted molar refractivity (Wildman–Crippen MR) is 87.8 cm³/mol. The fraction of sp³-hybridized carbons (Fsp3) is 0.0556. The zero-order valence-corrected chi connectivity index (χ0v) is 12.6. The largest absolute Gasteiger partial charge is 0.338 e. The van der Waals surface area contributed by atoms with Crippen molar-refractivity contribution in [2.24, 2.45) is 0 Å². The summed E-state index contributed by atoms with van der Waals surface area (Å²) in [6.07, 6.45) is 1.54. The molecule has 0 spiro atoms. The van der Waals surface area contributed by atoms with Gasteiger partial charge in [-0.15, -0.1) is 0 Å². The number of anilines is 1. The van der Waals surface area contributed by atoms with Crippen molar-refractivity contribution in [1.82, 2.24) is 10.1 Å². The number of aryl methyl sites for hydroxylation is 1. The van der Waals surface area contributed by atoms with E-state index in [9.17, 15) is 4.79 Å². The van der Waals surface area contributed by atoms with Crippen LogP contribution in [0.25, 0.3) is 5.70 Å². The van der Waals surface area contributed by atoms with E-state index in [2.05, 4.69) is 15.5 Å². The first-order valence-corrected chi connectivity index (χ1v) is 7.16. The third kappa shape index (κ3) is 3.71. The summed E-state index contributed by atoms with van der Waals surface area (Å²) < 4.78 is 4.96. The fourth-order valence-corrected chi connectivity index (χ4v) is 2.10. The summed E-state index contributed by atoms with van der Waals surface area (Å²) >= 11 is 0. The molecule has 0 amide bonds. The number of hydrogen-bond donors (Lipinski definition) is 1. The van der Waals surface area contributed by atoms with Crippen molar-refractivity contribution in [3.8, 4) is 0 Å². The lowest BCUT2D eigenvalue weighted by Gasteiger charge is -2.08. The molecule has 0 saturated heterocycles. The molecule has 0 radical (unpaired) electrons. The molecule has 1 N–H and O–H groups in total. The molecule has 1 heterocycles. The zero-order chi connectivity index (χ0) is 16.1. The minimum Gasteiger partial charge on any atom is -0.338 e. The molecule has 5 nitrogen and oxygen atoms in total. The quantitative estimate of drug-likeness (QED) is 0.575. The van der Waals surface area contributed by atoms with Gasteiger partial charge in [0, 0.05) is 18.6 Å². The Bertz CT molecular complexity index is 824. The summed E-state index contributed by atoms with van der Waals surface area (Å²) in [6.45, 7) is 1.71. The van der Waals surface area contributed by atoms with Crippen molar-refractivity contribution in [2.75, 3.05) is 5.32 Å². The molecular formula is C18H15N3O2. The van der Waals surface area contributed by atoms with Crippen LogP contribution in [0.4, 0.5) is 5.95 Å². The number of rotatable bonds is 5. The molecule has 0 fully saturated rings. The van der Waals surface area contributed by atoms with Gasteiger partial charge in [-0.2, -0.15) is 4.98 Å². The van der Waals surface area contributed by atoms with Gasteiger partial charge in [0.2, 0.25) is 5.89 Å². The summed E-state index contributed by atoms with van der Waals surface area (Å²) in [5, 5.41) is 6.85. The van der Waals surface area contributed by atoms with Crippen LogP contribution >= 0.6 is 0 Å². The van der Waals surface area contributed by atoms with Crippen LogP contribution in [0.5, 0.6) is 0 Å². The molecular weight excluding hydrogens is 290 g/mol. The van der Waals surface area contributed by atoms with E-state index in [4.69, 9.17) is 4.52 Å². The minimum absolute atomic E-state index is 0.0998. The van der Waals surface area contributed by atoms with Gasteiger partial charge in [0.15, 0.2) is 5.78 Å². The van der Waals surface area contributed by atoms with Crippen molar-refractivity contribution in [3.05, 3.63) is 83.8 Å². The number of ketones is 1. The lowest BCUT2D eigenvalue weighted by atomic mass is 10.1. The molecule has 5 heteroatoms. The molecule has 0 bridgehead atoms. The van der Waals surface area contributed by atoms with Gasteiger partial charge < -0.3 is 9.84 Å². The van der Waals surface area contributed by atoms with Crippen LogP contribution in [0.2, 0.25) is 0 Å². The number of benzene rings is 2. The Kier molecular flexibility index (Phi) is 4.29. The molecule has 1 aromatic heterocycles. The topological polar surface area (TPSA) is 68.0 Å². The highest BCUT2D eigenvalue weighted by Gasteiger charge is 2.10. The third-order valence-electron chi connectivity index (χ3n) is 3.19. The molecule has 23 heavy (non-hydrogen) atoms. The van der Waals surface area contributed by atoms with Gasteiger partial charge in [-0.3, -0.25) is 4.79 Å². The SMILES string of the molecule is Cc1nc(N/C(=C/C(=O)c2ccccc2)c2ccccc2)no1. The number of carbonyl (C=O) groups is 1. The molecule has 0 atom stereocenters. The maximum atomic E-state index is 12.4. The van der Waals surface area contributed by atoms with Crippen LogP contribution in [0, 0.1) is 6.92 Å². The molecule has 0 unspecified atom stereocenters. The second-order valence-electron chi connectivity index (χ2n) is 4.92. The Morgan fingerprint density at radius 2 is 1.61 bits per heavy atom. The van der Waals surface area contributed by atoms with Gasteiger partial charge in [-0.05, 0) is 10.7 Å². The number of aromatic nitrogens is 2. The average Bonchev–Trinajstić information content (AvgIpc) is 3.01. The first kappa shape index (κ1) is 14.7. The molecule has 2 aromatic carbocycles. The number of nitrogens with one attached hydrogen (secondary N) is 1. The van der Waals surface area contributed by atoms with Gasteiger partial charge in [-0.25, -0.2) is 0 Å². The van der Waals surface area contributed by atoms with E-state index >= 15 is 0 Å². The Hall–Kier alpha value is -3.21. The molecule has 0 aliphatic heterocycles. The second kappa shape index (κ2) is 6.70. The van der Waals surface area contributed by atoms with Gasteiger partial charge in [0.05, 0.1) is 5.70 Å². The highest BCUT2D eigenvalue weighted by Crippen LogP contribution is 2.17. The standard InChI is InChI=1S/C18H15N3O2/c1-13-19-18(21-23-13)20-16(14-8-4-2-5-9-14)12-17(22)15-10-6-3-7-11-15/h2-12H,1H3,(H,20,21)/b16-12+. The summed E-state index contributed by atoms with van der Waals surface area (Å²) in [5.41, 5.74) is 2.09. The lowest BCUT2D eigenvalue weighted by Crippen LogP contribution is -2.04. The normalized spacial score (nSPS) is 11.3. The smallest absolute Gasteiger partial charge is 0.267 e. The van der Waals surface area contributed by atoms with Crippen LogP contribution in [0.15, 0.2) is 71.3 Å². The van der Waals surface area contributed by atoms with E-state index < -0.39 is 0 Å². The molecule has 0 aliphatic rings. The zero-order valence-electron chi connectivity index (χ0n) is 12.6. The molecule has 3 aromatic rings. The molecule has 0 aliphatic carbocycles. The van der Waals surface area contributed by atoms with Crippen LogP contribution in [0.1, 0.15) is 21.8 Å². The second-order valence-corrected chi connectivity index (χ2v) is 4.92. The van der Waals surface area contributed by atoms with Crippen molar-refractivity contribution in [2.45, 2.75) is 6.92 Å². The first-order chi connectivity index (χ1) is 11.2. The maximum absolute atomic E-state index is 12.4. The Morgan fingerprint density at radius 1 is 1.00 bits per heavy atom. The summed E-state index contributed by atoms with van der Waals surface area (Å²) in [5.74, 6) is 0.671. The van der Waals surface area contributed by atoms with Crippen molar-refractivity contribution in [3.63, 3.8) is 0 Å².